The maximum Gasteiger partial charge on any atom is 0.183 e. The third-order valence-electron chi connectivity index (χ3n) is 3.03. The number of methoxy groups -OCH3 is 1. The zero-order valence-corrected chi connectivity index (χ0v) is 12.6. The topological polar surface area (TPSA) is 46.2 Å². The Balaban J connectivity index is 1.76. The van der Waals surface area contributed by atoms with E-state index in [1.54, 1.807) is 18.4 Å². The average molecular weight is 299 g/mol. The van der Waals surface area contributed by atoms with Crippen LogP contribution in [0.4, 0.5) is 16.5 Å². The van der Waals surface area contributed by atoms with Gasteiger partial charge in [-0.2, -0.15) is 0 Å². The van der Waals surface area contributed by atoms with Crippen molar-refractivity contribution in [2.45, 2.75) is 0 Å². The van der Waals surface area contributed by atoms with Gasteiger partial charge in [-0.05, 0) is 30.3 Å². The predicted octanol–water partition coefficient (Wildman–Crippen LogP) is 4.10. The lowest BCUT2D eigenvalue weighted by Gasteiger charge is -2.05. The molecule has 0 aliphatic rings. The lowest BCUT2D eigenvalue weighted by molar-refractivity contribution is 0.211. The number of fused-ring (bicyclic) bond motifs is 1. The van der Waals surface area contributed by atoms with Crippen LogP contribution in [0.5, 0.6) is 0 Å². The maximum atomic E-state index is 5.03. The molecule has 21 heavy (non-hydrogen) atoms. The zero-order valence-electron chi connectivity index (χ0n) is 11.8. The Labute approximate surface area is 127 Å². The van der Waals surface area contributed by atoms with Gasteiger partial charge in [-0.1, -0.05) is 29.5 Å². The number of nitrogens with one attached hydrogen (secondary N) is 2. The number of anilines is 3. The van der Waals surface area contributed by atoms with E-state index in [1.807, 2.05) is 30.3 Å². The van der Waals surface area contributed by atoms with Crippen LogP contribution >= 0.6 is 11.3 Å². The first-order valence-electron chi connectivity index (χ1n) is 6.80. The number of aromatic nitrogens is 1. The van der Waals surface area contributed by atoms with Crippen molar-refractivity contribution >= 4 is 38.1 Å². The van der Waals surface area contributed by atoms with Crippen LogP contribution in [0.25, 0.3) is 10.2 Å². The van der Waals surface area contributed by atoms with Gasteiger partial charge in [0.1, 0.15) is 0 Å². The summed E-state index contributed by atoms with van der Waals surface area (Å²) in [7, 11) is 1.70. The van der Waals surface area contributed by atoms with Crippen LogP contribution in [0, 0.1) is 0 Å². The standard InChI is InChI=1S/C16H17N3OS/c1-20-10-9-17-16-19-14-8-7-13(11-15(14)21-16)18-12-5-3-2-4-6-12/h2-8,11,18H,9-10H2,1H3,(H,17,19). The van der Waals surface area contributed by atoms with Crippen molar-refractivity contribution in [2.24, 2.45) is 0 Å². The van der Waals surface area contributed by atoms with Crippen molar-refractivity contribution in [1.82, 2.24) is 4.98 Å². The van der Waals surface area contributed by atoms with Crippen molar-refractivity contribution in [2.75, 3.05) is 30.9 Å². The van der Waals surface area contributed by atoms with E-state index in [0.717, 1.165) is 33.3 Å². The van der Waals surface area contributed by atoms with E-state index in [-0.39, 0.29) is 0 Å². The zero-order chi connectivity index (χ0) is 14.5. The highest BCUT2D eigenvalue weighted by Crippen LogP contribution is 2.29. The van der Waals surface area contributed by atoms with Gasteiger partial charge in [0, 0.05) is 25.0 Å². The molecule has 2 aromatic carbocycles. The smallest absolute Gasteiger partial charge is 0.183 e. The van der Waals surface area contributed by atoms with Crippen molar-refractivity contribution in [3.63, 3.8) is 0 Å². The van der Waals surface area contributed by atoms with Gasteiger partial charge in [0.2, 0.25) is 0 Å². The van der Waals surface area contributed by atoms with Crippen molar-refractivity contribution < 1.29 is 4.74 Å². The van der Waals surface area contributed by atoms with E-state index in [2.05, 4.69) is 33.8 Å². The molecule has 1 aromatic heterocycles. The molecule has 0 saturated heterocycles. The molecule has 3 aromatic rings. The summed E-state index contributed by atoms with van der Waals surface area (Å²) in [6.07, 6.45) is 0. The molecule has 1 heterocycles. The van der Waals surface area contributed by atoms with Gasteiger partial charge < -0.3 is 15.4 Å². The average Bonchev–Trinajstić information content (AvgIpc) is 2.90. The highest BCUT2D eigenvalue weighted by molar-refractivity contribution is 7.22. The van der Waals surface area contributed by atoms with Crippen LogP contribution in [-0.2, 0) is 4.74 Å². The molecule has 0 spiro atoms. The number of thiazole rings is 1. The first kappa shape index (κ1) is 13.9. The molecule has 4 nitrogen and oxygen atoms in total. The second-order valence-corrected chi connectivity index (χ2v) is 5.64. The number of rotatable bonds is 6. The summed E-state index contributed by atoms with van der Waals surface area (Å²) >= 11 is 1.65. The Bertz CT molecular complexity index is 712. The Morgan fingerprint density at radius 3 is 2.76 bits per heavy atom. The third-order valence-corrected chi connectivity index (χ3v) is 4.01. The number of benzene rings is 2. The first-order chi connectivity index (χ1) is 10.3. The van der Waals surface area contributed by atoms with E-state index < -0.39 is 0 Å². The van der Waals surface area contributed by atoms with Gasteiger partial charge in [0.25, 0.3) is 0 Å². The Kier molecular flexibility index (Phi) is 4.33. The SMILES string of the molecule is COCCNc1nc2ccc(Nc3ccccc3)cc2s1. The molecule has 2 N–H and O–H groups in total. The lowest BCUT2D eigenvalue weighted by atomic mass is 10.2. The molecular formula is C16H17N3OS. The summed E-state index contributed by atoms with van der Waals surface area (Å²) in [5, 5.41) is 7.59. The van der Waals surface area contributed by atoms with Gasteiger partial charge in [-0.3, -0.25) is 0 Å². The number of hydrogen-bond acceptors (Lipinski definition) is 5. The van der Waals surface area contributed by atoms with E-state index in [1.165, 1.54) is 0 Å². The van der Waals surface area contributed by atoms with Crippen LogP contribution in [-0.4, -0.2) is 25.2 Å². The first-order valence-corrected chi connectivity index (χ1v) is 7.62. The lowest BCUT2D eigenvalue weighted by Crippen LogP contribution is -2.06. The molecule has 0 fully saturated rings. The third kappa shape index (κ3) is 3.51. The predicted molar refractivity (Wildman–Crippen MR) is 89.7 cm³/mol. The minimum absolute atomic E-state index is 0.677. The number of para-hydroxylation sites is 1. The van der Waals surface area contributed by atoms with Crippen LogP contribution < -0.4 is 10.6 Å². The highest BCUT2D eigenvalue weighted by atomic mass is 32.1. The Morgan fingerprint density at radius 2 is 1.95 bits per heavy atom. The summed E-state index contributed by atoms with van der Waals surface area (Å²) < 4.78 is 6.19. The largest absolute Gasteiger partial charge is 0.383 e. The summed E-state index contributed by atoms with van der Waals surface area (Å²) in [6.45, 7) is 1.45. The Hall–Kier alpha value is -2.11. The number of ether oxygens (including phenoxy) is 1. The molecule has 0 unspecified atom stereocenters. The van der Waals surface area contributed by atoms with Gasteiger partial charge in [0.15, 0.2) is 5.13 Å². The fraction of sp³-hybridized carbons (Fsp3) is 0.188. The molecule has 0 aliphatic carbocycles. The van der Waals surface area contributed by atoms with Crippen molar-refractivity contribution in [1.29, 1.82) is 0 Å². The van der Waals surface area contributed by atoms with Crippen molar-refractivity contribution in [3.05, 3.63) is 48.5 Å². The molecular weight excluding hydrogens is 282 g/mol. The van der Waals surface area contributed by atoms with E-state index in [4.69, 9.17) is 4.74 Å². The monoisotopic (exact) mass is 299 g/mol. The second kappa shape index (κ2) is 6.56. The van der Waals surface area contributed by atoms with Gasteiger partial charge in [0.05, 0.1) is 16.8 Å². The van der Waals surface area contributed by atoms with Crippen LogP contribution in [0.3, 0.4) is 0 Å². The molecule has 0 saturated carbocycles. The van der Waals surface area contributed by atoms with Gasteiger partial charge >= 0.3 is 0 Å². The molecule has 5 heteroatoms. The van der Waals surface area contributed by atoms with E-state index in [0.29, 0.717) is 6.61 Å². The summed E-state index contributed by atoms with van der Waals surface area (Å²) in [5.41, 5.74) is 3.17. The second-order valence-electron chi connectivity index (χ2n) is 4.61. The summed E-state index contributed by atoms with van der Waals surface area (Å²) in [5.74, 6) is 0. The quantitative estimate of drug-likeness (QED) is 0.673. The van der Waals surface area contributed by atoms with Crippen LogP contribution in [0.1, 0.15) is 0 Å². The van der Waals surface area contributed by atoms with Gasteiger partial charge in [-0.25, -0.2) is 4.98 Å². The highest BCUT2D eigenvalue weighted by Gasteiger charge is 2.04. The minimum atomic E-state index is 0.677. The molecule has 0 amide bonds. The molecule has 0 bridgehead atoms. The van der Waals surface area contributed by atoms with Crippen LogP contribution in [0.15, 0.2) is 48.5 Å². The Morgan fingerprint density at radius 1 is 1.10 bits per heavy atom. The van der Waals surface area contributed by atoms with Crippen LogP contribution in [0.2, 0.25) is 0 Å². The van der Waals surface area contributed by atoms with E-state index in [9.17, 15) is 0 Å². The minimum Gasteiger partial charge on any atom is -0.383 e. The molecule has 108 valence electrons. The fourth-order valence-corrected chi connectivity index (χ4v) is 2.96. The van der Waals surface area contributed by atoms with Gasteiger partial charge in [-0.15, -0.1) is 0 Å². The number of nitrogens with zero attached hydrogens (tertiary/aromatic N) is 1. The van der Waals surface area contributed by atoms with E-state index >= 15 is 0 Å². The fourth-order valence-electron chi connectivity index (χ4n) is 2.03. The summed E-state index contributed by atoms with van der Waals surface area (Å²) in [4.78, 5) is 4.56. The summed E-state index contributed by atoms with van der Waals surface area (Å²) in [6, 6.07) is 16.4. The molecule has 0 atom stereocenters. The van der Waals surface area contributed by atoms with Crippen molar-refractivity contribution in [3.8, 4) is 0 Å². The molecule has 0 aliphatic heterocycles. The normalized spacial score (nSPS) is 10.7. The molecule has 0 radical (unpaired) electrons. The maximum absolute atomic E-state index is 5.03. The molecule has 3 rings (SSSR count). The number of hydrogen-bond donors (Lipinski definition) is 2.